The van der Waals surface area contributed by atoms with Crippen LogP contribution in [0.2, 0.25) is 0 Å². The number of carbonyl (C=O) groups is 1. The smallest absolute Gasteiger partial charge is 0.227 e. The van der Waals surface area contributed by atoms with Crippen molar-refractivity contribution in [3.05, 3.63) is 53.1 Å². The number of ether oxygens (including phenoxy) is 2. The highest BCUT2D eigenvalue weighted by atomic mass is 16.5. The summed E-state index contributed by atoms with van der Waals surface area (Å²) in [6, 6.07) is 12.0. The van der Waals surface area contributed by atoms with Crippen LogP contribution in [0.4, 0.5) is 5.69 Å². The molecule has 2 aliphatic rings. The van der Waals surface area contributed by atoms with E-state index in [0.29, 0.717) is 13.0 Å². The van der Waals surface area contributed by atoms with E-state index in [0.717, 1.165) is 56.2 Å². The first-order valence-corrected chi connectivity index (χ1v) is 10.6. The molecule has 2 heterocycles. The largest absolute Gasteiger partial charge is 0.497 e. The Bertz CT molecular complexity index is 889. The first-order chi connectivity index (χ1) is 14.6. The molecule has 30 heavy (non-hydrogen) atoms. The van der Waals surface area contributed by atoms with Crippen molar-refractivity contribution in [3.63, 3.8) is 0 Å². The molecule has 6 nitrogen and oxygen atoms in total. The standard InChI is InChI=1S/C24H31N3O3/c1-25-12-14-26(15-13-25)22-8-9-23(30-3)20-10-11-27(17-21(20)22)24(28)16-18-4-6-19(29-2)7-5-18/h4-9H,10-17H2,1-3H3. The molecule has 0 radical (unpaired) electrons. The van der Waals surface area contributed by atoms with Crippen LogP contribution in [-0.4, -0.2) is 69.7 Å². The summed E-state index contributed by atoms with van der Waals surface area (Å²) in [5.41, 5.74) is 4.76. The van der Waals surface area contributed by atoms with Crippen LogP contribution in [0.3, 0.4) is 0 Å². The third-order valence-electron chi connectivity index (χ3n) is 6.28. The van der Waals surface area contributed by atoms with E-state index in [9.17, 15) is 4.79 Å². The molecule has 2 aliphatic heterocycles. The lowest BCUT2D eigenvalue weighted by atomic mass is 9.95. The second-order valence-electron chi connectivity index (χ2n) is 8.12. The van der Waals surface area contributed by atoms with Crippen LogP contribution >= 0.6 is 0 Å². The minimum Gasteiger partial charge on any atom is -0.497 e. The highest BCUT2D eigenvalue weighted by Gasteiger charge is 2.28. The Morgan fingerprint density at radius 1 is 0.900 bits per heavy atom. The Labute approximate surface area is 179 Å². The molecular weight excluding hydrogens is 378 g/mol. The minimum atomic E-state index is 0.165. The molecule has 2 aromatic rings. The first-order valence-electron chi connectivity index (χ1n) is 10.6. The first kappa shape index (κ1) is 20.5. The van der Waals surface area contributed by atoms with Gasteiger partial charge in [0.05, 0.1) is 20.6 Å². The van der Waals surface area contributed by atoms with Crippen molar-refractivity contribution < 1.29 is 14.3 Å². The lowest BCUT2D eigenvalue weighted by Gasteiger charge is -2.38. The van der Waals surface area contributed by atoms with Gasteiger partial charge in [0, 0.05) is 56.1 Å². The zero-order valence-electron chi connectivity index (χ0n) is 18.2. The number of anilines is 1. The second kappa shape index (κ2) is 8.96. The Balaban J connectivity index is 1.54. The van der Waals surface area contributed by atoms with Gasteiger partial charge in [-0.2, -0.15) is 0 Å². The van der Waals surface area contributed by atoms with Gasteiger partial charge in [-0.15, -0.1) is 0 Å². The molecule has 0 bridgehead atoms. The van der Waals surface area contributed by atoms with Crippen molar-refractivity contribution in [3.8, 4) is 11.5 Å². The molecule has 1 fully saturated rings. The Morgan fingerprint density at radius 2 is 1.63 bits per heavy atom. The summed E-state index contributed by atoms with van der Waals surface area (Å²) in [6.07, 6.45) is 1.24. The number of fused-ring (bicyclic) bond motifs is 1. The van der Waals surface area contributed by atoms with Crippen LogP contribution in [0.5, 0.6) is 11.5 Å². The number of likely N-dealkylation sites (N-methyl/N-ethyl adjacent to an activating group) is 1. The average Bonchev–Trinajstić information content (AvgIpc) is 2.79. The molecule has 4 rings (SSSR count). The van der Waals surface area contributed by atoms with Crippen molar-refractivity contribution in [2.24, 2.45) is 0 Å². The van der Waals surface area contributed by atoms with Crippen LogP contribution in [0.25, 0.3) is 0 Å². The van der Waals surface area contributed by atoms with Crippen molar-refractivity contribution in [2.75, 3.05) is 58.9 Å². The molecule has 160 valence electrons. The maximum absolute atomic E-state index is 13.1. The predicted octanol–water partition coefficient (Wildman–Crippen LogP) is 2.58. The molecule has 1 saturated heterocycles. The zero-order chi connectivity index (χ0) is 21.1. The minimum absolute atomic E-state index is 0.165. The van der Waals surface area contributed by atoms with Crippen molar-refractivity contribution in [1.82, 2.24) is 9.80 Å². The highest BCUT2D eigenvalue weighted by molar-refractivity contribution is 5.80. The van der Waals surface area contributed by atoms with Gasteiger partial charge in [0.2, 0.25) is 5.91 Å². The summed E-state index contributed by atoms with van der Waals surface area (Å²) in [7, 11) is 5.55. The maximum atomic E-state index is 13.1. The number of piperazine rings is 1. The maximum Gasteiger partial charge on any atom is 0.227 e. The predicted molar refractivity (Wildman–Crippen MR) is 119 cm³/mol. The van der Waals surface area contributed by atoms with Crippen molar-refractivity contribution in [2.45, 2.75) is 19.4 Å². The third-order valence-corrected chi connectivity index (χ3v) is 6.28. The van der Waals surface area contributed by atoms with E-state index in [1.807, 2.05) is 29.2 Å². The van der Waals surface area contributed by atoms with E-state index in [1.54, 1.807) is 14.2 Å². The average molecular weight is 410 g/mol. The number of nitrogens with zero attached hydrogens (tertiary/aromatic N) is 3. The molecule has 2 aromatic carbocycles. The fraction of sp³-hybridized carbons (Fsp3) is 0.458. The number of hydrogen-bond acceptors (Lipinski definition) is 5. The van der Waals surface area contributed by atoms with Crippen molar-refractivity contribution in [1.29, 1.82) is 0 Å². The number of hydrogen-bond donors (Lipinski definition) is 0. The van der Waals surface area contributed by atoms with E-state index in [1.165, 1.54) is 16.8 Å². The number of amides is 1. The normalized spacial score (nSPS) is 16.9. The van der Waals surface area contributed by atoms with Crippen molar-refractivity contribution >= 4 is 11.6 Å². The molecule has 0 saturated carbocycles. The number of rotatable bonds is 5. The summed E-state index contributed by atoms with van der Waals surface area (Å²) in [5.74, 6) is 1.91. The number of carbonyl (C=O) groups excluding carboxylic acids is 1. The Kier molecular flexibility index (Phi) is 6.13. The Morgan fingerprint density at radius 3 is 2.30 bits per heavy atom. The van der Waals surface area contributed by atoms with Crippen LogP contribution in [0, 0.1) is 0 Å². The topological polar surface area (TPSA) is 45.2 Å². The van der Waals surface area contributed by atoms with Gasteiger partial charge in [-0.3, -0.25) is 4.79 Å². The van der Waals surface area contributed by atoms with Gasteiger partial charge < -0.3 is 24.2 Å². The highest BCUT2D eigenvalue weighted by Crippen LogP contribution is 2.36. The van der Waals surface area contributed by atoms with Gasteiger partial charge in [0.25, 0.3) is 0 Å². The van der Waals surface area contributed by atoms with E-state index in [-0.39, 0.29) is 5.91 Å². The monoisotopic (exact) mass is 409 g/mol. The van der Waals surface area contributed by atoms with E-state index < -0.39 is 0 Å². The number of benzene rings is 2. The molecule has 0 atom stereocenters. The SMILES string of the molecule is COc1ccc(CC(=O)N2CCc3c(OC)ccc(N4CCN(C)CC4)c3C2)cc1. The molecule has 1 amide bonds. The summed E-state index contributed by atoms with van der Waals surface area (Å²) >= 11 is 0. The summed E-state index contributed by atoms with van der Waals surface area (Å²) < 4.78 is 10.9. The lowest BCUT2D eigenvalue weighted by Crippen LogP contribution is -2.45. The fourth-order valence-corrected chi connectivity index (χ4v) is 4.40. The van der Waals surface area contributed by atoms with E-state index in [4.69, 9.17) is 9.47 Å². The van der Waals surface area contributed by atoms with Gasteiger partial charge in [-0.05, 0) is 43.3 Å². The quantitative estimate of drug-likeness (QED) is 0.760. The van der Waals surface area contributed by atoms with Gasteiger partial charge in [-0.25, -0.2) is 0 Å². The molecule has 0 unspecified atom stereocenters. The van der Waals surface area contributed by atoms with Gasteiger partial charge in [0.15, 0.2) is 0 Å². The third kappa shape index (κ3) is 4.24. The lowest BCUT2D eigenvalue weighted by molar-refractivity contribution is -0.131. The summed E-state index contributed by atoms with van der Waals surface area (Å²) in [4.78, 5) is 19.9. The van der Waals surface area contributed by atoms with Gasteiger partial charge in [0.1, 0.15) is 11.5 Å². The second-order valence-corrected chi connectivity index (χ2v) is 8.12. The Hall–Kier alpha value is -2.73. The van der Waals surface area contributed by atoms with Gasteiger partial charge >= 0.3 is 0 Å². The van der Waals surface area contributed by atoms with Crippen LogP contribution in [0.15, 0.2) is 36.4 Å². The van der Waals surface area contributed by atoms with E-state index >= 15 is 0 Å². The summed E-state index contributed by atoms with van der Waals surface area (Å²) in [5, 5.41) is 0. The zero-order valence-corrected chi connectivity index (χ0v) is 18.2. The number of methoxy groups -OCH3 is 2. The molecule has 0 aromatic heterocycles. The van der Waals surface area contributed by atoms with Crippen LogP contribution < -0.4 is 14.4 Å². The fourth-order valence-electron chi connectivity index (χ4n) is 4.40. The van der Waals surface area contributed by atoms with Gasteiger partial charge in [-0.1, -0.05) is 12.1 Å². The summed E-state index contributed by atoms with van der Waals surface area (Å²) in [6.45, 7) is 5.50. The molecular formula is C24H31N3O3. The molecule has 6 heteroatoms. The molecule has 0 spiro atoms. The van der Waals surface area contributed by atoms with Crippen LogP contribution in [-0.2, 0) is 24.2 Å². The van der Waals surface area contributed by atoms with E-state index in [2.05, 4.69) is 29.0 Å². The van der Waals surface area contributed by atoms with Crippen LogP contribution in [0.1, 0.15) is 16.7 Å². The molecule has 0 N–H and O–H groups in total. The molecule has 0 aliphatic carbocycles.